The number of nitrogens with one attached hydrogen (secondary N) is 2. The first-order valence-electron chi connectivity index (χ1n) is 5.45. The first-order valence-corrected chi connectivity index (χ1v) is 6.93. The van der Waals surface area contributed by atoms with E-state index in [9.17, 15) is 17.2 Å². The molecule has 0 aliphatic heterocycles. The lowest BCUT2D eigenvalue weighted by Crippen LogP contribution is -2.16. The molecule has 0 spiro atoms. The highest BCUT2D eigenvalue weighted by molar-refractivity contribution is 7.92. The van der Waals surface area contributed by atoms with Crippen LogP contribution in [0.1, 0.15) is 12.6 Å². The van der Waals surface area contributed by atoms with Gasteiger partial charge in [-0.3, -0.25) is 9.82 Å². The van der Waals surface area contributed by atoms with Crippen LogP contribution < -0.4 is 4.72 Å². The smallest absolute Gasteiger partial charge is 0.268 e. The summed E-state index contributed by atoms with van der Waals surface area (Å²) in [6, 6.07) is 4.29. The molecule has 0 aliphatic rings. The molecule has 1 heterocycles. The maximum Gasteiger partial charge on any atom is 0.268 e. The third-order valence-electron chi connectivity index (χ3n) is 2.44. The molecule has 0 saturated heterocycles. The average Bonchev–Trinajstić information content (AvgIpc) is 2.75. The number of aromatic amines is 1. The molecule has 2 rings (SSSR count). The summed E-state index contributed by atoms with van der Waals surface area (Å²) in [6.07, 6.45) is 0.628. The van der Waals surface area contributed by atoms with Crippen molar-refractivity contribution < 1.29 is 17.2 Å². The first-order chi connectivity index (χ1) is 8.94. The molecule has 102 valence electrons. The van der Waals surface area contributed by atoms with Gasteiger partial charge in [-0.1, -0.05) is 13.0 Å². The molecule has 1 aromatic carbocycles. The van der Waals surface area contributed by atoms with Crippen LogP contribution in [-0.2, 0) is 16.4 Å². The number of benzene rings is 1. The van der Waals surface area contributed by atoms with E-state index in [2.05, 4.69) is 10.2 Å². The highest BCUT2D eigenvalue weighted by Gasteiger charge is 2.24. The summed E-state index contributed by atoms with van der Waals surface area (Å²) >= 11 is 0. The van der Waals surface area contributed by atoms with Gasteiger partial charge in [0.05, 0.1) is 0 Å². The van der Waals surface area contributed by atoms with E-state index < -0.39 is 26.6 Å². The third-order valence-corrected chi connectivity index (χ3v) is 3.84. The van der Waals surface area contributed by atoms with E-state index in [4.69, 9.17) is 0 Å². The maximum absolute atomic E-state index is 13.4. The molecule has 5 nitrogen and oxygen atoms in total. The predicted octanol–water partition coefficient (Wildman–Crippen LogP) is 2.05. The van der Waals surface area contributed by atoms with Gasteiger partial charge in [-0.15, -0.1) is 0 Å². The zero-order chi connectivity index (χ0) is 14.0. The second kappa shape index (κ2) is 4.96. The lowest BCUT2D eigenvalue weighted by atomic mass is 10.3. The second-order valence-corrected chi connectivity index (χ2v) is 5.41. The SMILES string of the molecule is CCc1cc(NS(=O)(=O)c2c(F)cccc2F)n[nH]1. The molecule has 2 aromatic rings. The summed E-state index contributed by atoms with van der Waals surface area (Å²) in [7, 11) is -4.35. The van der Waals surface area contributed by atoms with Crippen molar-refractivity contribution in [1.82, 2.24) is 10.2 Å². The van der Waals surface area contributed by atoms with Crippen molar-refractivity contribution in [2.24, 2.45) is 0 Å². The molecule has 0 aliphatic carbocycles. The Labute approximate surface area is 108 Å². The Balaban J connectivity index is 2.38. The number of rotatable bonds is 4. The Morgan fingerprint density at radius 1 is 1.32 bits per heavy atom. The minimum absolute atomic E-state index is 0.0143. The summed E-state index contributed by atoms with van der Waals surface area (Å²) in [4.78, 5) is -1.02. The standard InChI is InChI=1S/C11H11F2N3O2S/c1-2-7-6-10(15-14-7)16-19(17,18)11-8(12)4-3-5-9(11)13/h3-6H,2H2,1H3,(H2,14,15,16). The van der Waals surface area contributed by atoms with Crippen LogP contribution in [0.2, 0.25) is 0 Å². The maximum atomic E-state index is 13.4. The van der Waals surface area contributed by atoms with Crippen LogP contribution in [0, 0.1) is 11.6 Å². The molecule has 0 atom stereocenters. The molecular formula is C11H11F2N3O2S. The van der Waals surface area contributed by atoms with Crippen molar-refractivity contribution in [3.63, 3.8) is 0 Å². The second-order valence-electron chi connectivity index (χ2n) is 3.79. The van der Waals surface area contributed by atoms with Crippen molar-refractivity contribution >= 4 is 15.8 Å². The zero-order valence-corrected chi connectivity index (χ0v) is 10.8. The Morgan fingerprint density at radius 2 is 1.95 bits per heavy atom. The quantitative estimate of drug-likeness (QED) is 0.903. The van der Waals surface area contributed by atoms with E-state index in [0.29, 0.717) is 12.1 Å². The fraction of sp³-hybridized carbons (Fsp3) is 0.182. The van der Waals surface area contributed by atoms with Crippen molar-refractivity contribution in [3.05, 3.63) is 41.6 Å². The lowest BCUT2D eigenvalue weighted by Gasteiger charge is -2.07. The molecular weight excluding hydrogens is 276 g/mol. The Kier molecular flexibility index (Phi) is 3.52. The fourth-order valence-corrected chi connectivity index (χ4v) is 2.65. The van der Waals surface area contributed by atoms with Crippen molar-refractivity contribution in [2.75, 3.05) is 4.72 Å². The first kappa shape index (κ1) is 13.5. The molecule has 0 amide bonds. The van der Waals surface area contributed by atoms with Gasteiger partial charge in [-0.2, -0.15) is 5.10 Å². The molecule has 0 saturated carbocycles. The highest BCUT2D eigenvalue weighted by Crippen LogP contribution is 2.21. The van der Waals surface area contributed by atoms with Crippen LogP contribution in [-0.4, -0.2) is 18.6 Å². The number of H-pyrrole nitrogens is 1. The molecule has 0 fully saturated rings. The highest BCUT2D eigenvalue weighted by atomic mass is 32.2. The summed E-state index contributed by atoms with van der Waals surface area (Å²) in [5.74, 6) is -2.32. The van der Waals surface area contributed by atoms with Gasteiger partial charge in [0.15, 0.2) is 10.7 Å². The van der Waals surface area contributed by atoms with Crippen molar-refractivity contribution in [3.8, 4) is 0 Å². The minimum Gasteiger partial charge on any atom is -0.280 e. The molecule has 19 heavy (non-hydrogen) atoms. The Hall–Kier alpha value is -1.96. The topological polar surface area (TPSA) is 74.8 Å². The number of nitrogens with zero attached hydrogens (tertiary/aromatic N) is 1. The Bertz CT molecular complexity index is 677. The van der Waals surface area contributed by atoms with Gasteiger partial charge in [0.1, 0.15) is 11.6 Å². The van der Waals surface area contributed by atoms with Gasteiger partial charge in [-0.05, 0) is 18.6 Å². The number of hydrogen-bond acceptors (Lipinski definition) is 3. The van der Waals surface area contributed by atoms with Crippen LogP contribution in [0.25, 0.3) is 0 Å². The lowest BCUT2D eigenvalue weighted by molar-refractivity contribution is 0.521. The fourth-order valence-electron chi connectivity index (χ4n) is 1.52. The van der Waals surface area contributed by atoms with Gasteiger partial charge in [-0.25, -0.2) is 17.2 Å². The number of aryl methyl sites for hydroxylation is 1. The van der Waals surface area contributed by atoms with Crippen LogP contribution in [0.3, 0.4) is 0 Å². The van der Waals surface area contributed by atoms with Gasteiger partial charge < -0.3 is 0 Å². The zero-order valence-electron chi connectivity index (χ0n) is 9.94. The van der Waals surface area contributed by atoms with Crippen LogP contribution >= 0.6 is 0 Å². The van der Waals surface area contributed by atoms with Crippen LogP contribution in [0.15, 0.2) is 29.2 Å². The number of anilines is 1. The van der Waals surface area contributed by atoms with Gasteiger partial charge in [0.25, 0.3) is 10.0 Å². The average molecular weight is 287 g/mol. The van der Waals surface area contributed by atoms with Crippen LogP contribution in [0.4, 0.5) is 14.6 Å². The van der Waals surface area contributed by atoms with E-state index in [0.717, 1.165) is 18.2 Å². The summed E-state index contributed by atoms with van der Waals surface area (Å²) in [5.41, 5.74) is 0.701. The molecule has 0 unspecified atom stereocenters. The Morgan fingerprint density at radius 3 is 2.47 bits per heavy atom. The summed E-state index contributed by atoms with van der Waals surface area (Å²) < 4.78 is 52.7. The van der Waals surface area contributed by atoms with Crippen LogP contribution in [0.5, 0.6) is 0 Å². The van der Waals surface area contributed by atoms with E-state index >= 15 is 0 Å². The minimum atomic E-state index is -4.35. The predicted molar refractivity (Wildman–Crippen MR) is 65.1 cm³/mol. The van der Waals surface area contributed by atoms with Gasteiger partial charge >= 0.3 is 0 Å². The molecule has 0 bridgehead atoms. The summed E-state index contributed by atoms with van der Waals surface area (Å²) in [6.45, 7) is 1.85. The van der Waals surface area contributed by atoms with E-state index in [1.165, 1.54) is 6.07 Å². The van der Waals surface area contributed by atoms with E-state index in [-0.39, 0.29) is 5.82 Å². The number of sulfonamides is 1. The molecule has 2 N–H and O–H groups in total. The van der Waals surface area contributed by atoms with Crippen molar-refractivity contribution in [2.45, 2.75) is 18.2 Å². The van der Waals surface area contributed by atoms with E-state index in [1.54, 1.807) is 0 Å². The monoisotopic (exact) mass is 287 g/mol. The van der Waals surface area contributed by atoms with E-state index in [1.807, 2.05) is 11.6 Å². The summed E-state index contributed by atoms with van der Waals surface area (Å²) in [5, 5.41) is 6.29. The number of hydrogen-bond donors (Lipinski definition) is 2. The molecule has 1 aromatic heterocycles. The van der Waals surface area contributed by atoms with Gasteiger partial charge in [0.2, 0.25) is 0 Å². The van der Waals surface area contributed by atoms with Gasteiger partial charge in [0, 0.05) is 11.8 Å². The largest absolute Gasteiger partial charge is 0.280 e. The van der Waals surface area contributed by atoms with Crippen molar-refractivity contribution in [1.29, 1.82) is 0 Å². The molecule has 8 heteroatoms. The molecule has 0 radical (unpaired) electrons. The number of aromatic nitrogens is 2. The number of halogens is 2. The third kappa shape index (κ3) is 2.73. The normalized spacial score (nSPS) is 11.5.